The Hall–Kier alpha value is -1.78. The quantitative estimate of drug-likeness (QED) is 0.732. The number of nitrogens with zero attached hydrogens (tertiary/aromatic N) is 1. The second-order valence-corrected chi connectivity index (χ2v) is 3.48. The minimum Gasteiger partial charge on any atom is -0.462 e. The number of esters is 1. The molecule has 82 valence electrons. The maximum Gasteiger partial charge on any atom is 0.326 e. The van der Waals surface area contributed by atoms with Crippen LogP contribution in [0.2, 0.25) is 0 Å². The normalized spacial score (nSPS) is 10.3. The van der Waals surface area contributed by atoms with E-state index in [2.05, 4.69) is 0 Å². The third-order valence-corrected chi connectivity index (χ3v) is 1.69. The van der Waals surface area contributed by atoms with Crippen LogP contribution in [0.3, 0.4) is 0 Å². The number of hydrogen-bond donors (Lipinski definition) is 1. The Balaban J connectivity index is 2.69. The van der Waals surface area contributed by atoms with Gasteiger partial charge in [-0.2, -0.15) is 0 Å². The number of anilines is 1. The van der Waals surface area contributed by atoms with Crippen LogP contribution in [0.25, 0.3) is 0 Å². The molecule has 0 saturated heterocycles. The van der Waals surface area contributed by atoms with Crippen molar-refractivity contribution < 1.29 is 9.53 Å². The molecule has 0 aliphatic heterocycles. The van der Waals surface area contributed by atoms with E-state index in [0.29, 0.717) is 0 Å². The Morgan fingerprint density at radius 2 is 2.27 bits per heavy atom. The summed E-state index contributed by atoms with van der Waals surface area (Å²) in [6.45, 7) is 3.61. The Morgan fingerprint density at radius 3 is 2.80 bits per heavy atom. The van der Waals surface area contributed by atoms with Crippen molar-refractivity contribution in [2.75, 3.05) is 5.73 Å². The number of aromatic nitrogens is 1. The highest BCUT2D eigenvalue weighted by Crippen LogP contribution is 1.96. The monoisotopic (exact) mass is 210 g/mol. The average molecular weight is 210 g/mol. The topological polar surface area (TPSA) is 74.3 Å². The maximum atomic E-state index is 11.3. The van der Waals surface area contributed by atoms with Gasteiger partial charge >= 0.3 is 5.97 Å². The molecule has 5 nitrogen and oxygen atoms in total. The predicted octanol–water partition coefficient (Wildman–Crippen LogP) is 0.382. The molecule has 0 amide bonds. The van der Waals surface area contributed by atoms with Crippen molar-refractivity contribution in [3.8, 4) is 0 Å². The summed E-state index contributed by atoms with van der Waals surface area (Å²) in [5.74, 6) is -0.354. The van der Waals surface area contributed by atoms with E-state index in [9.17, 15) is 9.59 Å². The number of ether oxygens (including phenoxy) is 1. The summed E-state index contributed by atoms with van der Waals surface area (Å²) in [6, 6.07) is 1.32. The number of rotatable bonds is 3. The minimum absolute atomic E-state index is 0.0582. The largest absolute Gasteiger partial charge is 0.462 e. The highest BCUT2D eigenvalue weighted by Gasteiger charge is 2.06. The molecular weight excluding hydrogens is 196 g/mol. The number of hydrogen-bond acceptors (Lipinski definition) is 4. The highest BCUT2D eigenvalue weighted by atomic mass is 16.5. The Kier molecular flexibility index (Phi) is 3.49. The lowest BCUT2D eigenvalue weighted by Crippen LogP contribution is -2.19. The zero-order valence-electron chi connectivity index (χ0n) is 8.77. The second-order valence-electron chi connectivity index (χ2n) is 3.48. The van der Waals surface area contributed by atoms with Crippen LogP contribution in [-0.2, 0) is 16.1 Å². The van der Waals surface area contributed by atoms with Crippen LogP contribution >= 0.6 is 0 Å². The summed E-state index contributed by atoms with van der Waals surface area (Å²) in [7, 11) is 0. The molecule has 0 saturated carbocycles. The van der Waals surface area contributed by atoms with E-state index in [1.165, 1.54) is 23.0 Å². The van der Waals surface area contributed by atoms with Gasteiger partial charge in [0, 0.05) is 18.5 Å². The first-order valence-electron chi connectivity index (χ1n) is 4.64. The fourth-order valence-electron chi connectivity index (χ4n) is 1.09. The molecule has 0 aliphatic carbocycles. The first kappa shape index (κ1) is 11.3. The molecule has 0 atom stereocenters. The van der Waals surface area contributed by atoms with Gasteiger partial charge in [0.05, 0.1) is 11.8 Å². The van der Waals surface area contributed by atoms with Gasteiger partial charge in [0.2, 0.25) is 5.43 Å². The molecule has 0 bridgehead atoms. The SMILES string of the molecule is CC(C)OC(=O)Cn1ccc(=O)c(N)c1. The van der Waals surface area contributed by atoms with Crippen LogP contribution in [0.4, 0.5) is 5.69 Å². The van der Waals surface area contributed by atoms with Crippen LogP contribution in [0.1, 0.15) is 13.8 Å². The smallest absolute Gasteiger partial charge is 0.326 e. The van der Waals surface area contributed by atoms with E-state index in [4.69, 9.17) is 10.5 Å². The summed E-state index contributed by atoms with van der Waals surface area (Å²) in [4.78, 5) is 22.2. The van der Waals surface area contributed by atoms with E-state index >= 15 is 0 Å². The van der Waals surface area contributed by atoms with Gasteiger partial charge in [-0.25, -0.2) is 0 Å². The first-order chi connectivity index (χ1) is 6.99. The molecule has 1 heterocycles. The highest BCUT2D eigenvalue weighted by molar-refractivity contribution is 5.69. The second kappa shape index (κ2) is 4.63. The maximum absolute atomic E-state index is 11.3. The summed E-state index contributed by atoms with van der Waals surface area (Å²) in [5, 5.41) is 0. The third-order valence-electron chi connectivity index (χ3n) is 1.69. The summed E-state index contributed by atoms with van der Waals surface area (Å²) >= 11 is 0. The van der Waals surface area contributed by atoms with Gasteiger partial charge in [0.1, 0.15) is 6.54 Å². The van der Waals surface area contributed by atoms with Gasteiger partial charge in [-0.1, -0.05) is 0 Å². The van der Waals surface area contributed by atoms with Crippen LogP contribution < -0.4 is 11.2 Å². The standard InChI is InChI=1S/C10H14N2O3/c1-7(2)15-10(14)6-12-4-3-9(13)8(11)5-12/h3-5,7H,6,11H2,1-2H3. The number of carbonyl (C=O) groups excluding carboxylic acids is 1. The van der Waals surface area contributed by atoms with Crippen molar-refractivity contribution in [2.24, 2.45) is 0 Å². The van der Waals surface area contributed by atoms with E-state index < -0.39 is 0 Å². The van der Waals surface area contributed by atoms with E-state index in [0.717, 1.165) is 0 Å². The summed E-state index contributed by atoms with van der Waals surface area (Å²) < 4.78 is 6.46. The third kappa shape index (κ3) is 3.46. The molecule has 0 spiro atoms. The zero-order valence-corrected chi connectivity index (χ0v) is 8.77. The fourth-order valence-corrected chi connectivity index (χ4v) is 1.09. The van der Waals surface area contributed by atoms with E-state index in [-0.39, 0.29) is 29.7 Å². The van der Waals surface area contributed by atoms with Gasteiger partial charge in [0.15, 0.2) is 0 Å². The van der Waals surface area contributed by atoms with Crippen LogP contribution in [0, 0.1) is 0 Å². The van der Waals surface area contributed by atoms with Crippen molar-refractivity contribution in [3.63, 3.8) is 0 Å². The molecule has 2 N–H and O–H groups in total. The molecule has 0 radical (unpaired) electrons. The number of pyridine rings is 1. The molecule has 1 rings (SSSR count). The molecule has 5 heteroatoms. The van der Waals surface area contributed by atoms with E-state index in [1.807, 2.05) is 0 Å². The Labute approximate surface area is 87.5 Å². The molecule has 0 unspecified atom stereocenters. The van der Waals surface area contributed by atoms with Gasteiger partial charge in [-0.15, -0.1) is 0 Å². The van der Waals surface area contributed by atoms with Gasteiger partial charge in [0.25, 0.3) is 0 Å². The molecule has 0 fully saturated rings. The first-order valence-corrected chi connectivity index (χ1v) is 4.64. The lowest BCUT2D eigenvalue weighted by Gasteiger charge is -2.09. The average Bonchev–Trinajstić information content (AvgIpc) is 2.10. The Bertz CT molecular complexity index is 409. The number of nitrogen functional groups attached to an aromatic ring is 1. The van der Waals surface area contributed by atoms with Gasteiger partial charge < -0.3 is 15.0 Å². The van der Waals surface area contributed by atoms with E-state index in [1.54, 1.807) is 13.8 Å². The van der Waals surface area contributed by atoms with Crippen LogP contribution in [-0.4, -0.2) is 16.6 Å². The number of nitrogens with two attached hydrogens (primary N) is 1. The number of carbonyl (C=O) groups is 1. The van der Waals surface area contributed by atoms with Crippen LogP contribution in [0.5, 0.6) is 0 Å². The summed E-state index contributed by atoms with van der Waals surface area (Å²) in [6.07, 6.45) is 2.78. The molecule has 0 aromatic carbocycles. The Morgan fingerprint density at radius 1 is 1.60 bits per heavy atom. The van der Waals surface area contributed by atoms with Crippen molar-refractivity contribution in [2.45, 2.75) is 26.5 Å². The predicted molar refractivity (Wildman–Crippen MR) is 56.3 cm³/mol. The lowest BCUT2D eigenvalue weighted by atomic mass is 10.4. The van der Waals surface area contributed by atoms with Crippen molar-refractivity contribution in [1.82, 2.24) is 4.57 Å². The van der Waals surface area contributed by atoms with Gasteiger partial charge in [-0.3, -0.25) is 9.59 Å². The molecular formula is C10H14N2O3. The van der Waals surface area contributed by atoms with Crippen molar-refractivity contribution in [1.29, 1.82) is 0 Å². The molecule has 1 aromatic heterocycles. The lowest BCUT2D eigenvalue weighted by molar-refractivity contribution is -0.148. The molecule has 15 heavy (non-hydrogen) atoms. The van der Waals surface area contributed by atoms with Crippen LogP contribution in [0.15, 0.2) is 23.3 Å². The minimum atomic E-state index is -0.354. The van der Waals surface area contributed by atoms with Crippen molar-refractivity contribution in [3.05, 3.63) is 28.7 Å². The summed E-state index contributed by atoms with van der Waals surface area (Å²) in [5.41, 5.74) is 5.29. The molecule has 1 aromatic rings. The zero-order chi connectivity index (χ0) is 11.4. The van der Waals surface area contributed by atoms with Crippen molar-refractivity contribution >= 4 is 11.7 Å². The van der Waals surface area contributed by atoms with Gasteiger partial charge in [-0.05, 0) is 13.8 Å². The molecule has 0 aliphatic rings. The fraction of sp³-hybridized carbons (Fsp3) is 0.400.